The molecule has 0 bridgehead atoms. The van der Waals surface area contributed by atoms with Gasteiger partial charge in [0.2, 0.25) is 6.10 Å². The number of para-hydroxylation sites is 2. The lowest BCUT2D eigenvalue weighted by molar-refractivity contribution is -0.130. The van der Waals surface area contributed by atoms with Gasteiger partial charge in [-0.1, -0.05) is 40.2 Å². The fraction of sp³-hybridized carbons (Fsp3) is 0.100. The summed E-state index contributed by atoms with van der Waals surface area (Å²) in [5.41, 5.74) is 3.40. The Bertz CT molecular complexity index is 982. The molecule has 4 rings (SSSR count). The van der Waals surface area contributed by atoms with Crippen molar-refractivity contribution in [1.29, 1.82) is 0 Å². The van der Waals surface area contributed by atoms with Crippen molar-refractivity contribution < 1.29 is 18.7 Å². The van der Waals surface area contributed by atoms with Gasteiger partial charge in [-0.3, -0.25) is 4.79 Å². The summed E-state index contributed by atoms with van der Waals surface area (Å²) in [6, 6.07) is 18.6. The van der Waals surface area contributed by atoms with E-state index in [-0.39, 0.29) is 12.5 Å². The number of fused-ring (bicyclic) bond motifs is 1. The molecule has 1 aliphatic heterocycles. The van der Waals surface area contributed by atoms with Crippen molar-refractivity contribution in [3.05, 3.63) is 70.9 Å². The van der Waals surface area contributed by atoms with Crippen LogP contribution >= 0.6 is 15.9 Å². The zero-order chi connectivity index (χ0) is 18.6. The van der Waals surface area contributed by atoms with Crippen LogP contribution < -0.4 is 14.9 Å². The number of furan rings is 1. The van der Waals surface area contributed by atoms with E-state index in [2.05, 4.69) is 26.5 Å². The highest BCUT2D eigenvalue weighted by atomic mass is 79.9. The zero-order valence-electron chi connectivity index (χ0n) is 14.1. The molecule has 6 nitrogen and oxygen atoms in total. The van der Waals surface area contributed by atoms with Gasteiger partial charge < -0.3 is 13.9 Å². The normalized spacial score (nSPS) is 15.7. The van der Waals surface area contributed by atoms with Crippen LogP contribution in [0.3, 0.4) is 0 Å². The van der Waals surface area contributed by atoms with Crippen LogP contribution in [0.15, 0.2) is 74.7 Å². The average Bonchev–Trinajstić information content (AvgIpc) is 3.17. The molecular formula is C20H15BrN2O4. The van der Waals surface area contributed by atoms with Gasteiger partial charge in [0.15, 0.2) is 11.5 Å². The zero-order valence-corrected chi connectivity index (χ0v) is 15.7. The minimum Gasteiger partial charge on any atom is -0.485 e. The lowest BCUT2D eigenvalue weighted by atomic mass is 10.2. The fourth-order valence-electron chi connectivity index (χ4n) is 2.57. The molecule has 0 saturated carbocycles. The first kappa shape index (κ1) is 17.4. The number of hydrazone groups is 1. The smallest absolute Gasteiger partial charge is 0.284 e. The number of carbonyl (C=O) groups excluding carboxylic acids is 1. The Kier molecular flexibility index (Phi) is 4.93. The van der Waals surface area contributed by atoms with Gasteiger partial charge in [-0.05, 0) is 36.4 Å². The van der Waals surface area contributed by atoms with Crippen LogP contribution in [0.1, 0.15) is 5.76 Å². The van der Waals surface area contributed by atoms with E-state index in [4.69, 9.17) is 13.9 Å². The highest BCUT2D eigenvalue weighted by Crippen LogP contribution is 2.30. The molecule has 2 heterocycles. The largest absolute Gasteiger partial charge is 0.485 e. The summed E-state index contributed by atoms with van der Waals surface area (Å²) >= 11 is 3.40. The summed E-state index contributed by atoms with van der Waals surface area (Å²) in [5, 5.41) is 3.93. The number of ether oxygens (including phenoxy) is 2. The third kappa shape index (κ3) is 4.03. The molecule has 1 aromatic heterocycles. The lowest BCUT2D eigenvalue weighted by Gasteiger charge is -2.24. The van der Waals surface area contributed by atoms with E-state index in [9.17, 15) is 4.79 Å². The van der Waals surface area contributed by atoms with Gasteiger partial charge in [0.25, 0.3) is 5.91 Å². The molecule has 27 heavy (non-hydrogen) atoms. The average molecular weight is 427 g/mol. The van der Waals surface area contributed by atoms with E-state index in [1.54, 1.807) is 18.2 Å². The molecule has 0 fully saturated rings. The predicted octanol–water partition coefficient (Wildman–Crippen LogP) is 4.00. The quantitative estimate of drug-likeness (QED) is 0.505. The first-order valence-electron chi connectivity index (χ1n) is 8.26. The number of hydrogen-bond donors (Lipinski definition) is 1. The maximum atomic E-state index is 12.2. The second-order valence-corrected chi connectivity index (χ2v) is 6.72. The van der Waals surface area contributed by atoms with Crippen molar-refractivity contribution in [2.75, 3.05) is 6.61 Å². The van der Waals surface area contributed by atoms with E-state index < -0.39 is 6.10 Å². The Morgan fingerprint density at radius 1 is 1.07 bits per heavy atom. The van der Waals surface area contributed by atoms with Crippen LogP contribution in [-0.4, -0.2) is 24.8 Å². The monoisotopic (exact) mass is 426 g/mol. The third-order valence-corrected chi connectivity index (χ3v) is 4.45. The van der Waals surface area contributed by atoms with Crippen molar-refractivity contribution in [3.8, 4) is 22.8 Å². The molecule has 0 spiro atoms. The minimum absolute atomic E-state index is 0.132. The van der Waals surface area contributed by atoms with Crippen LogP contribution in [0.2, 0.25) is 0 Å². The maximum absolute atomic E-state index is 12.2. The Labute approximate surface area is 163 Å². The Morgan fingerprint density at radius 2 is 1.85 bits per heavy atom. The highest BCUT2D eigenvalue weighted by Gasteiger charge is 2.26. The molecule has 1 N–H and O–H groups in total. The molecule has 0 unspecified atom stereocenters. The van der Waals surface area contributed by atoms with E-state index >= 15 is 0 Å². The highest BCUT2D eigenvalue weighted by molar-refractivity contribution is 9.10. The van der Waals surface area contributed by atoms with Gasteiger partial charge in [0.05, 0.1) is 6.21 Å². The molecule has 2 aromatic carbocycles. The van der Waals surface area contributed by atoms with Crippen molar-refractivity contribution in [2.24, 2.45) is 5.10 Å². The van der Waals surface area contributed by atoms with Crippen molar-refractivity contribution in [3.63, 3.8) is 0 Å². The van der Waals surface area contributed by atoms with Crippen LogP contribution in [0, 0.1) is 0 Å². The van der Waals surface area contributed by atoms with Gasteiger partial charge in [-0.2, -0.15) is 5.10 Å². The third-order valence-electron chi connectivity index (χ3n) is 3.92. The number of nitrogens with one attached hydrogen (secondary N) is 1. The number of halogens is 1. The Hall–Kier alpha value is -3.06. The lowest BCUT2D eigenvalue weighted by Crippen LogP contribution is -2.42. The second-order valence-electron chi connectivity index (χ2n) is 5.81. The number of carbonyl (C=O) groups is 1. The molecule has 0 radical (unpaired) electrons. The predicted molar refractivity (Wildman–Crippen MR) is 104 cm³/mol. The Balaban J connectivity index is 1.36. The van der Waals surface area contributed by atoms with Crippen LogP contribution in [0.25, 0.3) is 11.3 Å². The van der Waals surface area contributed by atoms with Gasteiger partial charge in [0.1, 0.15) is 18.1 Å². The topological polar surface area (TPSA) is 73.1 Å². The molecule has 0 saturated heterocycles. The van der Waals surface area contributed by atoms with Crippen molar-refractivity contribution in [1.82, 2.24) is 5.43 Å². The van der Waals surface area contributed by atoms with Gasteiger partial charge in [-0.25, -0.2) is 5.43 Å². The standard InChI is InChI=1S/C20H15BrN2O4/c21-14-7-5-13(6-8-14)16-10-9-15(26-16)11-22-23-20(24)19-12-25-17-3-1-2-4-18(17)27-19/h1-11,19H,12H2,(H,23,24)/b22-11-/t19-/m1/s1. The molecule has 3 aromatic rings. The minimum atomic E-state index is -0.757. The molecule has 136 valence electrons. The summed E-state index contributed by atoms with van der Waals surface area (Å²) in [6.45, 7) is 0.132. The van der Waals surface area contributed by atoms with Crippen LogP contribution in [0.4, 0.5) is 0 Å². The second kappa shape index (κ2) is 7.67. The number of nitrogens with zero attached hydrogens (tertiary/aromatic N) is 1. The first-order chi connectivity index (χ1) is 13.2. The Morgan fingerprint density at radius 3 is 2.67 bits per heavy atom. The van der Waals surface area contributed by atoms with E-state index in [0.717, 1.165) is 15.8 Å². The summed E-state index contributed by atoms with van der Waals surface area (Å²) < 4.78 is 17.9. The number of benzene rings is 2. The number of amides is 1. The van der Waals surface area contributed by atoms with E-state index in [1.807, 2.05) is 42.5 Å². The van der Waals surface area contributed by atoms with Crippen LogP contribution in [0.5, 0.6) is 11.5 Å². The molecule has 1 amide bonds. The molecule has 1 atom stereocenters. The van der Waals surface area contributed by atoms with Gasteiger partial charge in [0, 0.05) is 10.0 Å². The SMILES string of the molecule is O=C(N/N=C\c1ccc(-c2ccc(Br)cc2)o1)[C@H]1COc2ccccc2O1. The van der Waals surface area contributed by atoms with E-state index in [1.165, 1.54) is 6.21 Å². The summed E-state index contributed by atoms with van der Waals surface area (Å²) in [7, 11) is 0. The fourth-order valence-corrected chi connectivity index (χ4v) is 2.84. The summed E-state index contributed by atoms with van der Waals surface area (Å²) in [4.78, 5) is 12.2. The molecule has 1 aliphatic rings. The van der Waals surface area contributed by atoms with Crippen LogP contribution in [-0.2, 0) is 4.79 Å². The number of rotatable bonds is 4. The van der Waals surface area contributed by atoms with Gasteiger partial charge >= 0.3 is 0 Å². The van der Waals surface area contributed by atoms with Crippen molar-refractivity contribution in [2.45, 2.75) is 6.10 Å². The summed E-state index contributed by atoms with van der Waals surface area (Å²) in [6.07, 6.45) is 0.685. The first-order valence-corrected chi connectivity index (χ1v) is 9.05. The molecular weight excluding hydrogens is 412 g/mol. The summed E-state index contributed by atoms with van der Waals surface area (Å²) in [5.74, 6) is 2.02. The van der Waals surface area contributed by atoms with E-state index in [0.29, 0.717) is 17.3 Å². The maximum Gasteiger partial charge on any atom is 0.284 e. The molecule has 0 aliphatic carbocycles. The number of hydrogen-bond acceptors (Lipinski definition) is 5. The van der Waals surface area contributed by atoms with Crippen molar-refractivity contribution >= 4 is 28.1 Å². The molecule has 7 heteroatoms. The van der Waals surface area contributed by atoms with Gasteiger partial charge in [-0.15, -0.1) is 0 Å².